The van der Waals surface area contributed by atoms with E-state index < -0.39 is 0 Å². The van der Waals surface area contributed by atoms with E-state index in [9.17, 15) is 4.79 Å². The van der Waals surface area contributed by atoms with Gasteiger partial charge in [-0.05, 0) is 44.4 Å². The zero-order chi connectivity index (χ0) is 13.9. The SMILES string of the molecule is C[C@H](N(C)C(=O)CSC[C@H]1CCCCO1)C1(C)CC1. The summed E-state index contributed by atoms with van der Waals surface area (Å²) in [7, 11) is 1.95. The molecule has 3 nitrogen and oxygen atoms in total. The molecule has 0 aromatic carbocycles. The molecule has 2 rings (SSSR count). The average molecular weight is 285 g/mol. The minimum Gasteiger partial charge on any atom is -0.377 e. The molecule has 1 saturated carbocycles. The van der Waals surface area contributed by atoms with Crippen molar-refractivity contribution in [1.82, 2.24) is 4.90 Å². The van der Waals surface area contributed by atoms with Crippen molar-refractivity contribution >= 4 is 17.7 Å². The van der Waals surface area contributed by atoms with Crippen LogP contribution in [0.2, 0.25) is 0 Å². The zero-order valence-corrected chi connectivity index (χ0v) is 13.3. The number of rotatable bonds is 6. The van der Waals surface area contributed by atoms with Gasteiger partial charge in [-0.3, -0.25) is 4.79 Å². The Balaban J connectivity index is 1.65. The quantitative estimate of drug-likeness (QED) is 0.751. The summed E-state index contributed by atoms with van der Waals surface area (Å²) in [6.45, 7) is 5.36. The van der Waals surface area contributed by atoms with Gasteiger partial charge in [0.25, 0.3) is 0 Å². The van der Waals surface area contributed by atoms with Crippen LogP contribution < -0.4 is 0 Å². The summed E-state index contributed by atoms with van der Waals surface area (Å²) in [6, 6.07) is 0.367. The fourth-order valence-electron chi connectivity index (χ4n) is 2.62. The van der Waals surface area contributed by atoms with E-state index in [1.54, 1.807) is 11.8 Å². The lowest BCUT2D eigenvalue weighted by molar-refractivity contribution is -0.130. The van der Waals surface area contributed by atoms with E-state index in [0.29, 0.717) is 23.3 Å². The van der Waals surface area contributed by atoms with Crippen molar-refractivity contribution in [3.05, 3.63) is 0 Å². The highest BCUT2D eigenvalue weighted by Gasteiger charge is 2.45. The molecule has 2 atom stereocenters. The maximum Gasteiger partial charge on any atom is 0.232 e. The Bertz CT molecular complexity index is 311. The topological polar surface area (TPSA) is 29.5 Å². The van der Waals surface area contributed by atoms with E-state index >= 15 is 0 Å². The Labute approximate surface area is 121 Å². The first-order valence-corrected chi connectivity index (χ1v) is 8.63. The Hall–Kier alpha value is -0.220. The maximum atomic E-state index is 12.2. The molecule has 110 valence electrons. The number of carbonyl (C=O) groups excluding carboxylic acids is 1. The summed E-state index contributed by atoms with van der Waals surface area (Å²) in [6.07, 6.45) is 6.51. The molecule has 0 N–H and O–H groups in total. The van der Waals surface area contributed by atoms with Crippen LogP contribution in [-0.2, 0) is 9.53 Å². The monoisotopic (exact) mass is 285 g/mol. The van der Waals surface area contributed by atoms with Crippen LogP contribution in [0.3, 0.4) is 0 Å². The summed E-state index contributed by atoms with van der Waals surface area (Å²) in [5, 5.41) is 0. The smallest absolute Gasteiger partial charge is 0.232 e. The van der Waals surface area contributed by atoms with E-state index in [1.165, 1.54) is 25.7 Å². The summed E-state index contributed by atoms with van der Waals surface area (Å²) in [5.41, 5.74) is 0.377. The molecule has 0 bridgehead atoms. The third kappa shape index (κ3) is 4.12. The van der Waals surface area contributed by atoms with Gasteiger partial charge in [-0.15, -0.1) is 11.8 Å². The van der Waals surface area contributed by atoms with Gasteiger partial charge in [0.15, 0.2) is 0 Å². The predicted molar refractivity (Wildman–Crippen MR) is 80.5 cm³/mol. The molecule has 0 spiro atoms. The molecular weight excluding hydrogens is 258 g/mol. The van der Waals surface area contributed by atoms with Crippen LogP contribution in [-0.4, -0.2) is 48.1 Å². The lowest BCUT2D eigenvalue weighted by Crippen LogP contribution is -2.41. The second-order valence-electron chi connectivity index (χ2n) is 6.34. The Kier molecular flexibility index (Phi) is 5.18. The lowest BCUT2D eigenvalue weighted by atomic mass is 10.00. The van der Waals surface area contributed by atoms with Crippen molar-refractivity contribution in [3.8, 4) is 0 Å². The van der Waals surface area contributed by atoms with Gasteiger partial charge in [0, 0.05) is 25.4 Å². The van der Waals surface area contributed by atoms with Gasteiger partial charge in [-0.1, -0.05) is 6.92 Å². The van der Waals surface area contributed by atoms with E-state index in [0.717, 1.165) is 18.8 Å². The first-order valence-electron chi connectivity index (χ1n) is 7.48. The molecule has 0 radical (unpaired) electrons. The number of ether oxygens (including phenoxy) is 1. The Morgan fingerprint density at radius 3 is 2.79 bits per heavy atom. The van der Waals surface area contributed by atoms with E-state index in [2.05, 4.69) is 13.8 Å². The van der Waals surface area contributed by atoms with E-state index in [1.807, 2.05) is 11.9 Å². The molecule has 2 fully saturated rings. The molecule has 1 heterocycles. The van der Waals surface area contributed by atoms with Gasteiger partial charge in [-0.2, -0.15) is 0 Å². The second-order valence-corrected chi connectivity index (χ2v) is 7.37. The molecule has 0 unspecified atom stereocenters. The second kappa shape index (κ2) is 6.49. The molecule has 1 saturated heterocycles. The molecule has 1 amide bonds. The first-order chi connectivity index (χ1) is 9.03. The number of carbonyl (C=O) groups is 1. The zero-order valence-electron chi connectivity index (χ0n) is 12.5. The highest BCUT2D eigenvalue weighted by atomic mass is 32.2. The minimum absolute atomic E-state index is 0.265. The highest BCUT2D eigenvalue weighted by molar-refractivity contribution is 7.99. The number of amides is 1. The number of thioether (sulfide) groups is 1. The van der Waals surface area contributed by atoms with Crippen LogP contribution in [0, 0.1) is 5.41 Å². The summed E-state index contributed by atoms with van der Waals surface area (Å²) >= 11 is 1.73. The minimum atomic E-state index is 0.265. The van der Waals surface area contributed by atoms with Crippen LogP contribution in [0.15, 0.2) is 0 Å². The Morgan fingerprint density at radius 1 is 1.47 bits per heavy atom. The van der Waals surface area contributed by atoms with Crippen LogP contribution in [0.1, 0.15) is 46.0 Å². The lowest BCUT2D eigenvalue weighted by Gasteiger charge is -2.30. The van der Waals surface area contributed by atoms with Crippen molar-refractivity contribution in [2.45, 2.75) is 58.1 Å². The highest BCUT2D eigenvalue weighted by Crippen LogP contribution is 2.49. The molecule has 0 aromatic heterocycles. The van der Waals surface area contributed by atoms with Gasteiger partial charge < -0.3 is 9.64 Å². The van der Waals surface area contributed by atoms with Gasteiger partial charge in [-0.25, -0.2) is 0 Å². The van der Waals surface area contributed by atoms with E-state index in [-0.39, 0.29) is 5.91 Å². The summed E-state index contributed by atoms with van der Waals surface area (Å²) in [4.78, 5) is 14.1. The number of hydrogen-bond acceptors (Lipinski definition) is 3. The molecule has 0 aromatic rings. The number of hydrogen-bond donors (Lipinski definition) is 0. The predicted octanol–water partition coefficient (Wildman–Crippen LogP) is 2.94. The fourth-order valence-corrected chi connectivity index (χ4v) is 3.64. The third-order valence-electron chi connectivity index (χ3n) is 4.82. The molecule has 1 aliphatic heterocycles. The molecule has 19 heavy (non-hydrogen) atoms. The van der Waals surface area contributed by atoms with Crippen molar-refractivity contribution in [2.75, 3.05) is 25.2 Å². The molecule has 4 heteroatoms. The maximum absolute atomic E-state index is 12.2. The van der Waals surface area contributed by atoms with Gasteiger partial charge >= 0.3 is 0 Å². The van der Waals surface area contributed by atoms with Crippen molar-refractivity contribution in [1.29, 1.82) is 0 Å². The van der Waals surface area contributed by atoms with Crippen molar-refractivity contribution in [2.24, 2.45) is 5.41 Å². The van der Waals surface area contributed by atoms with Crippen LogP contribution in [0.25, 0.3) is 0 Å². The first kappa shape index (κ1) is 15.2. The van der Waals surface area contributed by atoms with Crippen molar-refractivity contribution in [3.63, 3.8) is 0 Å². The number of nitrogens with zero attached hydrogens (tertiary/aromatic N) is 1. The summed E-state index contributed by atoms with van der Waals surface area (Å²) < 4.78 is 5.69. The van der Waals surface area contributed by atoms with Crippen LogP contribution >= 0.6 is 11.8 Å². The molecule has 2 aliphatic rings. The molecule has 1 aliphatic carbocycles. The van der Waals surface area contributed by atoms with Crippen LogP contribution in [0.5, 0.6) is 0 Å². The van der Waals surface area contributed by atoms with Crippen molar-refractivity contribution < 1.29 is 9.53 Å². The molecular formula is C15H27NO2S. The van der Waals surface area contributed by atoms with E-state index in [4.69, 9.17) is 4.74 Å². The Morgan fingerprint density at radius 2 is 2.21 bits per heavy atom. The summed E-state index contributed by atoms with van der Waals surface area (Å²) in [5.74, 6) is 1.82. The van der Waals surface area contributed by atoms with Gasteiger partial charge in [0.05, 0.1) is 11.9 Å². The largest absolute Gasteiger partial charge is 0.377 e. The average Bonchev–Trinajstić information content (AvgIpc) is 3.17. The standard InChI is InChI=1S/C15H27NO2S/c1-12(15(2)7-8-15)16(3)14(17)11-19-10-13-6-4-5-9-18-13/h12-13H,4-11H2,1-3H3/t12-,13+/m0/s1. The fraction of sp³-hybridized carbons (Fsp3) is 0.933. The normalized spacial score (nSPS) is 26.8. The van der Waals surface area contributed by atoms with Crippen LogP contribution in [0.4, 0.5) is 0 Å². The third-order valence-corrected chi connectivity index (χ3v) is 5.88. The van der Waals surface area contributed by atoms with Gasteiger partial charge in [0.2, 0.25) is 5.91 Å². The van der Waals surface area contributed by atoms with Gasteiger partial charge in [0.1, 0.15) is 0 Å².